The second-order valence-electron chi connectivity index (χ2n) is 5.27. The Kier molecular flexibility index (Phi) is 2.61. The fourth-order valence-corrected chi connectivity index (χ4v) is 2.59. The first kappa shape index (κ1) is 9.47. The Bertz CT molecular complexity index is 161. The van der Waals surface area contributed by atoms with Gasteiger partial charge in [-0.05, 0) is 26.7 Å². The molecule has 1 N–H and O–H groups in total. The van der Waals surface area contributed by atoms with Crippen LogP contribution in [0.5, 0.6) is 0 Å². The van der Waals surface area contributed by atoms with Gasteiger partial charge in [0.2, 0.25) is 0 Å². The number of nitrogens with one attached hydrogen (secondary N) is 1. The van der Waals surface area contributed by atoms with Crippen molar-refractivity contribution < 1.29 is 0 Å². The van der Waals surface area contributed by atoms with E-state index >= 15 is 0 Å². The molecule has 2 heteroatoms. The van der Waals surface area contributed by atoms with E-state index in [1.165, 1.54) is 45.1 Å². The lowest BCUT2D eigenvalue weighted by molar-refractivity contribution is -0.0516. The summed E-state index contributed by atoms with van der Waals surface area (Å²) < 4.78 is 0. The van der Waals surface area contributed by atoms with Gasteiger partial charge >= 0.3 is 0 Å². The molecule has 0 unspecified atom stereocenters. The zero-order valence-corrected chi connectivity index (χ0v) is 8.97. The molecule has 13 heavy (non-hydrogen) atoms. The average molecular weight is 182 g/mol. The molecular formula is C11H22N2. The highest BCUT2D eigenvalue weighted by atomic mass is 15.6. The lowest BCUT2D eigenvalue weighted by Gasteiger charge is -2.50. The van der Waals surface area contributed by atoms with Crippen molar-refractivity contribution in [2.24, 2.45) is 0 Å². The largest absolute Gasteiger partial charge is 0.248 e. The highest BCUT2D eigenvalue weighted by Gasteiger charge is 2.37. The molecule has 0 aromatic heterocycles. The zero-order valence-electron chi connectivity index (χ0n) is 8.97. The van der Waals surface area contributed by atoms with E-state index in [-0.39, 0.29) is 0 Å². The Morgan fingerprint density at radius 1 is 1.08 bits per heavy atom. The van der Waals surface area contributed by atoms with Crippen LogP contribution in [-0.4, -0.2) is 23.1 Å². The van der Waals surface area contributed by atoms with Crippen LogP contribution in [0.3, 0.4) is 0 Å². The van der Waals surface area contributed by atoms with Crippen molar-refractivity contribution in [3.63, 3.8) is 0 Å². The van der Waals surface area contributed by atoms with Crippen LogP contribution in [-0.2, 0) is 0 Å². The van der Waals surface area contributed by atoms with Gasteiger partial charge in [0.25, 0.3) is 0 Å². The molecule has 0 bridgehead atoms. The first-order valence-electron chi connectivity index (χ1n) is 5.72. The van der Waals surface area contributed by atoms with Crippen molar-refractivity contribution in [2.75, 3.05) is 6.54 Å². The van der Waals surface area contributed by atoms with Crippen LogP contribution in [0.4, 0.5) is 0 Å². The van der Waals surface area contributed by atoms with Crippen LogP contribution >= 0.6 is 0 Å². The maximum absolute atomic E-state index is 3.55. The first-order chi connectivity index (χ1) is 6.17. The molecular weight excluding hydrogens is 160 g/mol. The lowest BCUT2D eigenvalue weighted by Crippen LogP contribution is -2.71. The summed E-state index contributed by atoms with van der Waals surface area (Å²) in [6.45, 7) is 5.79. The molecule has 1 saturated heterocycles. The van der Waals surface area contributed by atoms with E-state index in [4.69, 9.17) is 0 Å². The first-order valence-corrected chi connectivity index (χ1v) is 5.72. The summed E-state index contributed by atoms with van der Waals surface area (Å²) in [6, 6.07) is 0.829. The van der Waals surface area contributed by atoms with Crippen LogP contribution in [0.2, 0.25) is 0 Å². The summed E-state index contributed by atoms with van der Waals surface area (Å²) >= 11 is 0. The van der Waals surface area contributed by atoms with E-state index in [0.29, 0.717) is 5.54 Å². The Morgan fingerprint density at radius 3 is 2.08 bits per heavy atom. The van der Waals surface area contributed by atoms with E-state index in [9.17, 15) is 0 Å². The fourth-order valence-electron chi connectivity index (χ4n) is 2.59. The predicted molar refractivity (Wildman–Crippen MR) is 55.4 cm³/mol. The molecule has 1 saturated carbocycles. The third-order valence-corrected chi connectivity index (χ3v) is 3.28. The normalized spacial score (nSPS) is 30.9. The minimum atomic E-state index is 0.367. The number of hydrogen-bond donors (Lipinski definition) is 1. The molecule has 0 atom stereocenters. The second-order valence-corrected chi connectivity index (χ2v) is 5.27. The van der Waals surface area contributed by atoms with E-state index in [1.54, 1.807) is 0 Å². The molecule has 2 aliphatic rings. The SMILES string of the molecule is CC1(C)CN(C2CCCCCC2)N1. The van der Waals surface area contributed by atoms with Crippen LogP contribution in [0.25, 0.3) is 0 Å². The Morgan fingerprint density at radius 2 is 1.62 bits per heavy atom. The molecule has 76 valence electrons. The van der Waals surface area contributed by atoms with Crippen molar-refractivity contribution in [3.05, 3.63) is 0 Å². The average Bonchev–Trinajstić information content (AvgIpc) is 2.26. The van der Waals surface area contributed by atoms with Gasteiger partial charge in [-0.25, -0.2) is 10.4 Å². The molecule has 0 aromatic carbocycles. The quantitative estimate of drug-likeness (QED) is 0.626. The van der Waals surface area contributed by atoms with Gasteiger partial charge in [0, 0.05) is 18.1 Å². The van der Waals surface area contributed by atoms with Crippen molar-refractivity contribution >= 4 is 0 Å². The summed E-state index contributed by atoms with van der Waals surface area (Å²) in [5, 5.41) is 2.46. The monoisotopic (exact) mass is 182 g/mol. The van der Waals surface area contributed by atoms with Gasteiger partial charge in [0.05, 0.1) is 0 Å². The maximum atomic E-state index is 3.55. The zero-order chi connectivity index (χ0) is 9.31. The number of nitrogens with zero attached hydrogens (tertiary/aromatic N) is 1. The molecule has 0 spiro atoms. The van der Waals surface area contributed by atoms with E-state index < -0.39 is 0 Å². The highest BCUT2D eigenvalue weighted by molar-refractivity contribution is 4.92. The van der Waals surface area contributed by atoms with Crippen LogP contribution in [0, 0.1) is 0 Å². The van der Waals surface area contributed by atoms with E-state index in [2.05, 4.69) is 24.3 Å². The minimum absolute atomic E-state index is 0.367. The van der Waals surface area contributed by atoms with Gasteiger partial charge < -0.3 is 0 Å². The van der Waals surface area contributed by atoms with E-state index in [1.807, 2.05) is 0 Å². The molecule has 0 radical (unpaired) electrons. The smallest absolute Gasteiger partial charge is 0.0410 e. The molecule has 1 aliphatic carbocycles. The minimum Gasteiger partial charge on any atom is -0.248 e. The molecule has 0 amide bonds. The molecule has 2 nitrogen and oxygen atoms in total. The van der Waals surface area contributed by atoms with E-state index in [0.717, 1.165) is 6.04 Å². The molecule has 0 aromatic rings. The molecule has 2 fully saturated rings. The van der Waals surface area contributed by atoms with Gasteiger partial charge in [-0.2, -0.15) is 0 Å². The summed E-state index contributed by atoms with van der Waals surface area (Å²) in [6.07, 6.45) is 8.58. The van der Waals surface area contributed by atoms with Crippen molar-refractivity contribution in [2.45, 2.75) is 64.0 Å². The highest BCUT2D eigenvalue weighted by Crippen LogP contribution is 2.26. The number of rotatable bonds is 1. The Balaban J connectivity index is 1.80. The van der Waals surface area contributed by atoms with Crippen molar-refractivity contribution in [1.29, 1.82) is 0 Å². The second kappa shape index (κ2) is 3.58. The lowest BCUT2D eigenvalue weighted by atomic mass is 9.98. The summed E-state index contributed by atoms with van der Waals surface area (Å²) in [4.78, 5) is 0. The number of hydrazine groups is 1. The fraction of sp³-hybridized carbons (Fsp3) is 1.00. The third-order valence-electron chi connectivity index (χ3n) is 3.28. The summed E-state index contributed by atoms with van der Waals surface area (Å²) in [5.74, 6) is 0. The molecule has 1 aliphatic heterocycles. The van der Waals surface area contributed by atoms with Crippen molar-refractivity contribution in [1.82, 2.24) is 10.4 Å². The Labute approximate surface area is 81.7 Å². The van der Waals surface area contributed by atoms with Gasteiger partial charge in [0.1, 0.15) is 0 Å². The number of hydrogen-bond acceptors (Lipinski definition) is 2. The summed E-state index contributed by atoms with van der Waals surface area (Å²) in [5.41, 5.74) is 3.92. The summed E-state index contributed by atoms with van der Waals surface area (Å²) in [7, 11) is 0. The van der Waals surface area contributed by atoms with Gasteiger partial charge in [-0.3, -0.25) is 0 Å². The third kappa shape index (κ3) is 2.23. The van der Waals surface area contributed by atoms with Gasteiger partial charge in [-0.1, -0.05) is 25.7 Å². The van der Waals surface area contributed by atoms with Crippen LogP contribution in [0.15, 0.2) is 0 Å². The van der Waals surface area contributed by atoms with Gasteiger partial charge in [-0.15, -0.1) is 0 Å². The Hall–Kier alpha value is -0.0800. The molecule has 2 rings (SSSR count). The van der Waals surface area contributed by atoms with Gasteiger partial charge in [0.15, 0.2) is 0 Å². The van der Waals surface area contributed by atoms with Crippen LogP contribution < -0.4 is 5.43 Å². The van der Waals surface area contributed by atoms with Crippen molar-refractivity contribution in [3.8, 4) is 0 Å². The van der Waals surface area contributed by atoms with Crippen LogP contribution in [0.1, 0.15) is 52.4 Å². The topological polar surface area (TPSA) is 15.3 Å². The molecule has 1 heterocycles. The standard InChI is InChI=1S/C11H22N2/c1-11(2)9-13(12-11)10-7-5-3-4-6-8-10/h10,12H,3-9H2,1-2H3. The maximum Gasteiger partial charge on any atom is 0.0410 e. The predicted octanol–water partition coefficient (Wildman–Crippen LogP) is 2.31.